The maximum absolute atomic E-state index is 14.1. The predicted octanol–water partition coefficient (Wildman–Crippen LogP) is 2.28. The Morgan fingerprint density at radius 2 is 1.96 bits per heavy atom. The molecule has 1 atom stereocenters. The summed E-state index contributed by atoms with van der Waals surface area (Å²) in [5, 5.41) is 20.7. The number of aliphatic hydroxyl groups excluding tert-OH is 2. The van der Waals surface area contributed by atoms with E-state index in [4.69, 9.17) is 15.6 Å². The molecular weight excluding hydrogens is 468 g/mol. The van der Waals surface area contributed by atoms with Crippen molar-refractivity contribution in [3.05, 3.63) is 50.9 Å². The van der Waals surface area contributed by atoms with E-state index in [1.807, 2.05) is 0 Å². The molecule has 0 aliphatic rings. The Labute approximate surface area is 159 Å². The molecule has 1 amide bonds. The van der Waals surface area contributed by atoms with Gasteiger partial charge < -0.3 is 26.0 Å². The van der Waals surface area contributed by atoms with Crippen LogP contribution in [0.1, 0.15) is 10.4 Å². The lowest BCUT2D eigenvalue weighted by Gasteiger charge is -2.18. The van der Waals surface area contributed by atoms with E-state index in [0.29, 0.717) is 0 Å². The largest absolute Gasteiger partial charge is 0.488 e. The third kappa shape index (κ3) is 4.37. The first-order chi connectivity index (χ1) is 12.3. The molecule has 0 fully saturated rings. The number of hydrogen-bond donors (Lipinski definition) is 4. The highest BCUT2D eigenvalue weighted by molar-refractivity contribution is 14.1. The van der Waals surface area contributed by atoms with Crippen LogP contribution in [0.5, 0.6) is 5.75 Å². The molecule has 0 radical (unpaired) electrons. The third-order valence-corrected chi connectivity index (χ3v) is 4.27. The number of carbonyl (C=O) groups is 1. The van der Waals surface area contributed by atoms with Gasteiger partial charge >= 0.3 is 0 Å². The molecule has 26 heavy (non-hydrogen) atoms. The van der Waals surface area contributed by atoms with Crippen molar-refractivity contribution >= 4 is 39.9 Å². The second kappa shape index (κ2) is 8.56. The summed E-state index contributed by atoms with van der Waals surface area (Å²) >= 11 is 1.33. The summed E-state index contributed by atoms with van der Waals surface area (Å²) in [5.41, 5.74) is 4.63. The molecule has 140 valence electrons. The van der Waals surface area contributed by atoms with Crippen molar-refractivity contribution in [1.29, 1.82) is 0 Å². The Hall–Kier alpha value is -2.05. The molecule has 0 saturated carbocycles. The minimum Gasteiger partial charge on any atom is -0.488 e. The minimum atomic E-state index is -1.36. The summed E-state index contributed by atoms with van der Waals surface area (Å²) in [6.07, 6.45) is -1.24. The first-order valence-electron chi connectivity index (χ1n) is 7.20. The number of rotatable bonds is 7. The molecule has 2 aromatic rings. The molecule has 0 saturated heterocycles. The van der Waals surface area contributed by atoms with Gasteiger partial charge in [0.2, 0.25) is 0 Å². The van der Waals surface area contributed by atoms with Crippen LogP contribution in [0, 0.1) is 21.0 Å². The third-order valence-electron chi connectivity index (χ3n) is 3.28. The van der Waals surface area contributed by atoms with Crippen molar-refractivity contribution < 1.29 is 32.9 Å². The zero-order chi connectivity index (χ0) is 19.4. The molecule has 0 heterocycles. The Bertz CT molecular complexity index is 836. The van der Waals surface area contributed by atoms with Gasteiger partial charge in [-0.05, 0) is 34.7 Å². The van der Waals surface area contributed by atoms with Crippen molar-refractivity contribution in [2.75, 3.05) is 18.5 Å². The molecule has 5 N–H and O–H groups in total. The first-order valence-corrected chi connectivity index (χ1v) is 8.28. The lowest BCUT2D eigenvalue weighted by atomic mass is 10.1. The SMILES string of the molecule is NC(=O)c1cccc(Nc2cc(F)c(I)c(F)c2F)c1OC[C@H](O)CO. The average Bonchev–Trinajstić information content (AvgIpc) is 2.62. The highest BCUT2D eigenvalue weighted by Gasteiger charge is 2.20. The Morgan fingerprint density at radius 3 is 2.58 bits per heavy atom. The number of nitrogens with one attached hydrogen (secondary N) is 1. The highest BCUT2D eigenvalue weighted by Crippen LogP contribution is 2.34. The number of halogens is 4. The summed E-state index contributed by atoms with van der Waals surface area (Å²) in [6, 6.07) is 4.83. The van der Waals surface area contributed by atoms with Crippen LogP contribution < -0.4 is 15.8 Å². The monoisotopic (exact) mass is 482 g/mol. The number of aliphatic hydroxyl groups is 2. The molecule has 0 aromatic heterocycles. The van der Waals surface area contributed by atoms with Crippen LogP contribution in [-0.2, 0) is 0 Å². The molecule has 6 nitrogen and oxygen atoms in total. The van der Waals surface area contributed by atoms with Crippen molar-refractivity contribution in [2.45, 2.75) is 6.10 Å². The van der Waals surface area contributed by atoms with Crippen molar-refractivity contribution in [3.63, 3.8) is 0 Å². The number of hydrogen-bond acceptors (Lipinski definition) is 5. The second-order valence-electron chi connectivity index (χ2n) is 5.17. The van der Waals surface area contributed by atoms with E-state index in [2.05, 4.69) is 5.32 Å². The van der Waals surface area contributed by atoms with E-state index in [9.17, 15) is 23.1 Å². The number of ether oxygens (including phenoxy) is 1. The Morgan fingerprint density at radius 1 is 1.27 bits per heavy atom. The van der Waals surface area contributed by atoms with Gasteiger partial charge in [0.05, 0.1) is 27.1 Å². The van der Waals surface area contributed by atoms with E-state index in [1.54, 1.807) is 0 Å². The quantitative estimate of drug-likeness (QED) is 0.276. The minimum absolute atomic E-state index is 0.00894. The fourth-order valence-corrected chi connectivity index (χ4v) is 2.42. The molecule has 0 bridgehead atoms. The summed E-state index contributed by atoms with van der Waals surface area (Å²) < 4.78 is 46.3. The number of para-hydroxylation sites is 1. The van der Waals surface area contributed by atoms with Crippen molar-refractivity contribution in [1.82, 2.24) is 0 Å². The standard InChI is InChI=1S/C16H14F3IN2O4/c17-9-4-11(12(18)13(19)14(9)20)22-10-3-1-2-8(16(21)25)15(10)26-6-7(24)5-23/h1-4,7,22-24H,5-6H2,(H2,21,25)/t7-/m1/s1. The van der Waals surface area contributed by atoms with Gasteiger partial charge in [-0.2, -0.15) is 0 Å². The lowest BCUT2D eigenvalue weighted by Crippen LogP contribution is -2.23. The molecule has 10 heteroatoms. The zero-order valence-electron chi connectivity index (χ0n) is 13.1. The molecule has 2 aromatic carbocycles. The van der Waals surface area contributed by atoms with E-state index in [-0.39, 0.29) is 17.0 Å². The first kappa shape index (κ1) is 20.3. The van der Waals surface area contributed by atoms with Crippen LogP contribution in [0.25, 0.3) is 0 Å². The zero-order valence-corrected chi connectivity index (χ0v) is 15.3. The van der Waals surface area contributed by atoms with Gasteiger partial charge in [0, 0.05) is 6.07 Å². The van der Waals surface area contributed by atoms with Gasteiger partial charge in [0.25, 0.3) is 5.91 Å². The summed E-state index contributed by atoms with van der Waals surface area (Å²) in [7, 11) is 0. The number of carbonyl (C=O) groups excluding carboxylic acids is 1. The fourth-order valence-electron chi connectivity index (χ4n) is 2.03. The Kier molecular flexibility index (Phi) is 6.67. The maximum atomic E-state index is 14.1. The molecule has 2 rings (SSSR count). The van der Waals surface area contributed by atoms with Crippen molar-refractivity contribution in [2.24, 2.45) is 5.73 Å². The molecule has 0 aliphatic heterocycles. The van der Waals surface area contributed by atoms with Gasteiger partial charge in [-0.3, -0.25) is 4.79 Å². The van der Waals surface area contributed by atoms with Gasteiger partial charge in [-0.1, -0.05) is 6.07 Å². The van der Waals surface area contributed by atoms with E-state index >= 15 is 0 Å². The van der Waals surface area contributed by atoms with Crippen LogP contribution in [0.3, 0.4) is 0 Å². The molecule has 0 aliphatic carbocycles. The number of nitrogens with two attached hydrogens (primary N) is 1. The van der Waals surface area contributed by atoms with Crippen LogP contribution in [0.2, 0.25) is 0 Å². The van der Waals surface area contributed by atoms with Crippen molar-refractivity contribution in [3.8, 4) is 5.75 Å². The topological polar surface area (TPSA) is 105 Å². The summed E-state index contributed by atoms with van der Waals surface area (Å²) in [4.78, 5) is 11.6. The van der Waals surface area contributed by atoms with Crippen LogP contribution in [0.15, 0.2) is 24.3 Å². The highest BCUT2D eigenvalue weighted by atomic mass is 127. The summed E-state index contributed by atoms with van der Waals surface area (Å²) in [6.45, 7) is -0.989. The van der Waals surface area contributed by atoms with E-state index < -0.39 is 51.9 Å². The van der Waals surface area contributed by atoms with Crippen LogP contribution in [0.4, 0.5) is 24.5 Å². The summed E-state index contributed by atoms with van der Waals surface area (Å²) in [5.74, 6) is -4.69. The van der Waals surface area contributed by atoms with Crippen LogP contribution >= 0.6 is 22.6 Å². The van der Waals surface area contributed by atoms with Gasteiger partial charge in [-0.25, -0.2) is 13.2 Å². The number of amides is 1. The van der Waals surface area contributed by atoms with E-state index in [1.165, 1.54) is 40.8 Å². The molecule has 0 spiro atoms. The Balaban J connectivity index is 2.46. The maximum Gasteiger partial charge on any atom is 0.252 e. The fraction of sp³-hybridized carbons (Fsp3) is 0.188. The molecule has 0 unspecified atom stereocenters. The predicted molar refractivity (Wildman–Crippen MR) is 95.9 cm³/mol. The van der Waals surface area contributed by atoms with E-state index in [0.717, 1.165) is 6.07 Å². The van der Waals surface area contributed by atoms with Gasteiger partial charge in [0.15, 0.2) is 17.4 Å². The average molecular weight is 482 g/mol. The number of anilines is 2. The second-order valence-corrected chi connectivity index (χ2v) is 6.25. The van der Waals surface area contributed by atoms with Crippen LogP contribution in [-0.4, -0.2) is 35.4 Å². The number of primary amides is 1. The normalized spacial score (nSPS) is 11.9. The lowest BCUT2D eigenvalue weighted by molar-refractivity contribution is 0.0534. The molecular formula is C16H14F3IN2O4. The van der Waals surface area contributed by atoms with Gasteiger partial charge in [0.1, 0.15) is 18.5 Å². The number of benzene rings is 2. The van der Waals surface area contributed by atoms with Gasteiger partial charge in [-0.15, -0.1) is 0 Å². The smallest absolute Gasteiger partial charge is 0.252 e.